The number of nitrogens with two attached hydrogens (primary N) is 3. The fourth-order valence-electron chi connectivity index (χ4n) is 8.71. The van der Waals surface area contributed by atoms with Crippen LogP contribution in [0, 0.1) is 5.92 Å². The van der Waals surface area contributed by atoms with E-state index in [0.717, 1.165) is 62.7 Å². The van der Waals surface area contributed by atoms with Crippen molar-refractivity contribution in [2.45, 2.75) is 128 Å². The van der Waals surface area contributed by atoms with E-state index in [4.69, 9.17) is 37.0 Å². The molecule has 460 valence electrons. The van der Waals surface area contributed by atoms with Crippen LogP contribution in [0.5, 0.6) is 5.75 Å². The monoisotopic (exact) mass is 1220 g/mol. The van der Waals surface area contributed by atoms with Crippen LogP contribution < -0.4 is 54.4 Å². The van der Waals surface area contributed by atoms with E-state index in [1.807, 2.05) is 66.7 Å². The molecule has 5 aromatic rings. The summed E-state index contributed by atoms with van der Waals surface area (Å²) < 4.78 is 0. The second-order valence-electron chi connectivity index (χ2n) is 20.5. The van der Waals surface area contributed by atoms with Crippen LogP contribution in [0.2, 0.25) is 0 Å². The number of aromatic hydroxyl groups is 1. The third kappa shape index (κ3) is 23.0. The van der Waals surface area contributed by atoms with Gasteiger partial charge in [0.1, 0.15) is 48.0 Å². The number of unbranched alkanes of at least 4 members (excludes halogenated alkanes) is 1. The van der Waals surface area contributed by atoms with Gasteiger partial charge in [0.25, 0.3) is 11.9 Å². The van der Waals surface area contributed by atoms with Crippen LogP contribution >= 0.6 is 21.6 Å². The van der Waals surface area contributed by atoms with E-state index in [2.05, 4.69) is 42.2 Å². The van der Waals surface area contributed by atoms with Gasteiger partial charge in [0, 0.05) is 55.3 Å². The van der Waals surface area contributed by atoms with Crippen molar-refractivity contribution < 1.29 is 68.4 Å². The van der Waals surface area contributed by atoms with Crippen LogP contribution in [0.4, 0.5) is 0 Å². The number of aromatic amines is 1. The molecule has 8 amide bonds. The predicted octanol–water partition coefficient (Wildman–Crippen LogP) is 1.00. The molecule has 4 aromatic carbocycles. The van der Waals surface area contributed by atoms with Gasteiger partial charge in [-0.2, -0.15) is 0 Å². The highest BCUT2D eigenvalue weighted by Crippen LogP contribution is 2.25. The lowest BCUT2D eigenvalue weighted by Gasteiger charge is -2.29. The Bertz CT molecular complexity index is 3090. The minimum absolute atomic E-state index is 0.0501. The van der Waals surface area contributed by atoms with Crippen molar-refractivity contribution in [1.29, 1.82) is 0 Å². The van der Waals surface area contributed by atoms with Crippen molar-refractivity contribution in [3.63, 3.8) is 0 Å². The van der Waals surface area contributed by atoms with Crippen molar-refractivity contribution in [2.75, 3.05) is 18.1 Å². The Morgan fingerprint density at radius 3 is 1.87 bits per heavy atom. The third-order valence-electron chi connectivity index (χ3n) is 13.1. The number of aromatic nitrogens is 1. The maximum absolute atomic E-state index is 14.9. The summed E-state index contributed by atoms with van der Waals surface area (Å²) in [4.78, 5) is 134. The average molecular weight is 1220 g/mol. The van der Waals surface area contributed by atoms with Crippen LogP contribution in [0.15, 0.2) is 97.2 Å². The smallest absolute Gasteiger partial charge is 0.300 e. The first kappa shape index (κ1) is 69.3. The number of carboxylic acid groups (broad SMARTS) is 2. The average Bonchev–Trinajstić information content (AvgIpc) is 3.06. The number of fused-ring (bicyclic) bond motifs is 2. The number of aliphatic carboxylic acids is 2. The molecule has 1 saturated heterocycles. The first-order valence-electron chi connectivity index (χ1n) is 27.3. The zero-order valence-corrected chi connectivity index (χ0v) is 49.4. The van der Waals surface area contributed by atoms with Gasteiger partial charge in [-0.1, -0.05) is 108 Å². The van der Waals surface area contributed by atoms with Crippen LogP contribution in [0.25, 0.3) is 21.7 Å². The molecule has 0 saturated carbocycles. The number of hydrogen-bond donors (Lipinski definition) is 15. The van der Waals surface area contributed by atoms with Crippen LogP contribution in [-0.4, -0.2) is 157 Å². The number of carboxylic acids is 2. The number of rotatable bonds is 17. The fraction of sp³-hybridized carbons (Fsp3) is 0.414. The van der Waals surface area contributed by atoms with Gasteiger partial charge >= 0.3 is 0 Å². The molecule has 25 nitrogen and oxygen atoms in total. The second kappa shape index (κ2) is 34.5. The number of carbonyl (C=O) groups excluding carboxylic acids is 8. The van der Waals surface area contributed by atoms with Gasteiger partial charge in [-0.05, 0) is 90.7 Å². The summed E-state index contributed by atoms with van der Waals surface area (Å²) in [6.07, 6.45) is 1.05. The largest absolute Gasteiger partial charge is 0.508 e. The molecule has 1 aliphatic rings. The minimum atomic E-state index is -1.55. The molecule has 0 unspecified atom stereocenters. The molecule has 0 spiro atoms. The number of carbonyl (C=O) groups is 10. The van der Waals surface area contributed by atoms with Gasteiger partial charge in [0.15, 0.2) is 0 Å². The Kier molecular flexibility index (Phi) is 28.1. The first-order chi connectivity index (χ1) is 40.3. The number of nitrogens with one attached hydrogen (secondary N) is 8. The molecule has 27 heteroatoms. The van der Waals surface area contributed by atoms with Crippen LogP contribution in [0.1, 0.15) is 70.6 Å². The van der Waals surface area contributed by atoms with Crippen molar-refractivity contribution in [3.8, 4) is 5.75 Å². The summed E-state index contributed by atoms with van der Waals surface area (Å²) in [6, 6.07) is 15.8. The zero-order valence-electron chi connectivity index (χ0n) is 47.8. The number of H-pyrrole nitrogens is 1. The molecule has 0 radical (unpaired) electrons. The maximum Gasteiger partial charge on any atom is 0.300 e. The van der Waals surface area contributed by atoms with Crippen molar-refractivity contribution in [1.82, 2.24) is 42.2 Å². The number of benzene rings is 4. The van der Waals surface area contributed by atoms with Crippen molar-refractivity contribution in [2.24, 2.45) is 23.1 Å². The molecule has 0 aliphatic carbocycles. The normalized spacial score (nSPS) is 20.2. The standard InChI is InChI=1S/C54H69N11O10S2.2C2H4O2/c1-29(2)45-54(75)63-44(53(74)65-46(30(3)66)47(57)68)28-77-76-27-43(62-48(69)38(56)23-32-15-18-33-10-4-5-11-34(33)22-32)52(73)60-41(24-31-16-19-36(67)20-17-31)50(71)61-42(25-35-26-58-39-13-7-6-12-37(35)39)51(72)59-40(49(70)64-45)14-8-9-21-55;2*1-2(3)4/h4-7,10-13,15-20,22,26,29-30,38,40-46,58,66-67H,8-9,14,21,23-25,27-28,55-56H2,1-3H3,(H2,57,68)(H,59,72)(H,60,73)(H,61,71)(H,62,69)(H,63,75)(H,64,70)(H,65,74);2*1H3,(H,3,4)/t30-,38-,40+,41+,42-,43+,44+,45+,46+;;/m1../s1. The Hall–Kier alpha value is -8.24. The number of amides is 8. The molecule has 6 rings (SSSR count). The van der Waals surface area contributed by atoms with E-state index in [0.29, 0.717) is 24.0 Å². The Balaban J connectivity index is 0.00000182. The lowest BCUT2D eigenvalue weighted by atomic mass is 10.00. The number of hydrogen-bond acceptors (Lipinski definition) is 16. The van der Waals surface area contributed by atoms with Crippen molar-refractivity contribution >= 4 is 102 Å². The topological polar surface area (TPSA) is 430 Å². The summed E-state index contributed by atoms with van der Waals surface area (Å²) in [7, 11) is 2.03. The van der Waals surface area contributed by atoms with E-state index >= 15 is 0 Å². The fourth-order valence-corrected chi connectivity index (χ4v) is 11.0. The highest BCUT2D eigenvalue weighted by molar-refractivity contribution is 8.76. The van der Waals surface area contributed by atoms with Gasteiger partial charge in [-0.3, -0.25) is 47.9 Å². The maximum atomic E-state index is 14.9. The molecule has 1 aliphatic heterocycles. The molecular weight excluding hydrogens is 1140 g/mol. The molecule has 85 heavy (non-hydrogen) atoms. The minimum Gasteiger partial charge on any atom is -0.508 e. The molecule has 1 aromatic heterocycles. The summed E-state index contributed by atoms with van der Waals surface area (Å²) in [6.45, 7) is 7.02. The first-order valence-corrected chi connectivity index (χ1v) is 29.8. The molecule has 9 atom stereocenters. The predicted molar refractivity (Wildman–Crippen MR) is 323 cm³/mol. The molecular formula is C58H77N11O14S2. The molecule has 2 heterocycles. The van der Waals surface area contributed by atoms with Gasteiger partial charge in [-0.25, -0.2) is 0 Å². The Morgan fingerprint density at radius 1 is 0.682 bits per heavy atom. The lowest BCUT2D eigenvalue weighted by Crippen LogP contribution is -2.62. The summed E-state index contributed by atoms with van der Waals surface area (Å²) in [5.74, 6) is -9.33. The van der Waals surface area contributed by atoms with E-state index in [1.165, 1.54) is 19.1 Å². The molecule has 18 N–H and O–H groups in total. The number of phenolic OH excluding ortho intramolecular Hbond substituents is 1. The second-order valence-corrected chi connectivity index (χ2v) is 23.0. The van der Waals surface area contributed by atoms with Crippen LogP contribution in [0.3, 0.4) is 0 Å². The summed E-state index contributed by atoms with van der Waals surface area (Å²) in [5.41, 5.74) is 20.5. The highest BCUT2D eigenvalue weighted by Gasteiger charge is 2.36. The zero-order chi connectivity index (χ0) is 62.9. The van der Waals surface area contributed by atoms with E-state index < -0.39 is 120 Å². The number of primary amides is 1. The number of para-hydroxylation sites is 1. The van der Waals surface area contributed by atoms with E-state index in [9.17, 15) is 48.6 Å². The van der Waals surface area contributed by atoms with Gasteiger partial charge in [0.2, 0.25) is 47.3 Å². The number of aliphatic hydroxyl groups excluding tert-OH is 1. The number of aliphatic hydroxyl groups is 1. The van der Waals surface area contributed by atoms with Gasteiger partial charge < -0.3 is 79.8 Å². The summed E-state index contributed by atoms with van der Waals surface area (Å²) >= 11 is 0. The third-order valence-corrected chi connectivity index (χ3v) is 15.5. The van der Waals surface area contributed by atoms with Crippen LogP contribution in [-0.2, 0) is 67.2 Å². The van der Waals surface area contributed by atoms with Crippen molar-refractivity contribution in [3.05, 3.63) is 114 Å². The highest BCUT2D eigenvalue weighted by atomic mass is 33.1. The van der Waals surface area contributed by atoms with Gasteiger partial charge in [-0.15, -0.1) is 0 Å². The van der Waals surface area contributed by atoms with E-state index in [-0.39, 0.29) is 49.5 Å². The quantitative estimate of drug-likeness (QED) is 0.0456. The number of phenols is 1. The summed E-state index contributed by atoms with van der Waals surface area (Å²) in [5, 5.41) is 57.0. The lowest BCUT2D eigenvalue weighted by molar-refractivity contribution is -0.136. The van der Waals surface area contributed by atoms with Gasteiger partial charge in [0.05, 0.1) is 12.1 Å². The molecule has 1 fully saturated rings. The Morgan fingerprint density at radius 2 is 1.25 bits per heavy atom. The Labute approximate surface area is 499 Å². The molecule has 0 bridgehead atoms. The van der Waals surface area contributed by atoms with E-state index in [1.54, 1.807) is 32.2 Å². The SMILES string of the molecule is CC(=O)O.CC(=O)O.CC(C)[C@@H]1NC(=O)[C@H](CCCCN)NC(=O)[C@@H](Cc2c[nH]c3ccccc23)NC(=O)[C@H](Cc2ccc(O)cc2)NC(=O)[C@@H](NC(=O)[C@H](N)Cc2ccc3ccccc3c2)CSSC[C@@H](C(=O)N[C@H](C(N)=O)[C@@H](C)O)NC1=O.